The molecule has 0 aliphatic heterocycles. The Morgan fingerprint density at radius 1 is 1.33 bits per heavy atom. The Labute approximate surface area is 90.3 Å². The molecular weight excluding hydrogens is 198 g/mol. The molecule has 0 spiro atoms. The standard InChI is InChI=1S/C10H21NO4/c1-2-3-4-5-6-10(13)7-9(8-12)11(14)15/h9-10,12-13H,2-8H2,1H3. The molecule has 5 heteroatoms. The van der Waals surface area contributed by atoms with E-state index in [4.69, 9.17) is 5.11 Å². The van der Waals surface area contributed by atoms with E-state index in [1.165, 1.54) is 0 Å². The van der Waals surface area contributed by atoms with E-state index < -0.39 is 23.7 Å². The van der Waals surface area contributed by atoms with Gasteiger partial charge in [0, 0.05) is 11.3 Å². The summed E-state index contributed by atoms with van der Waals surface area (Å²) in [6.45, 7) is 1.60. The Hall–Kier alpha value is -0.680. The molecule has 0 saturated carbocycles. The number of nitrogens with zero attached hydrogens (tertiary/aromatic N) is 1. The minimum absolute atomic E-state index is 0.0512. The van der Waals surface area contributed by atoms with Gasteiger partial charge < -0.3 is 10.2 Å². The Morgan fingerprint density at radius 3 is 2.47 bits per heavy atom. The first-order chi connectivity index (χ1) is 7.11. The quantitative estimate of drug-likeness (QED) is 0.348. The molecule has 90 valence electrons. The van der Waals surface area contributed by atoms with Crippen molar-refractivity contribution in [2.45, 2.75) is 57.6 Å². The summed E-state index contributed by atoms with van der Waals surface area (Å²) >= 11 is 0. The SMILES string of the molecule is CCCCCCC(O)CC(CO)[N+](=O)[O-]. The van der Waals surface area contributed by atoms with Gasteiger partial charge in [-0.2, -0.15) is 0 Å². The third-order valence-electron chi connectivity index (χ3n) is 2.44. The smallest absolute Gasteiger partial charge is 0.238 e. The van der Waals surface area contributed by atoms with Crippen LogP contribution in [0.1, 0.15) is 45.4 Å². The second-order valence-electron chi connectivity index (χ2n) is 3.86. The molecule has 0 saturated heterocycles. The van der Waals surface area contributed by atoms with Crippen LogP contribution in [0.5, 0.6) is 0 Å². The molecule has 0 amide bonds. The third kappa shape index (κ3) is 7.27. The van der Waals surface area contributed by atoms with Crippen molar-refractivity contribution in [3.63, 3.8) is 0 Å². The molecule has 0 heterocycles. The Balaban J connectivity index is 3.62. The molecule has 2 atom stereocenters. The predicted molar refractivity (Wildman–Crippen MR) is 57.3 cm³/mol. The van der Waals surface area contributed by atoms with E-state index in [1.54, 1.807) is 0 Å². The van der Waals surface area contributed by atoms with E-state index in [0.717, 1.165) is 25.7 Å². The molecular formula is C10H21NO4. The Bertz CT molecular complexity index is 175. The summed E-state index contributed by atoms with van der Waals surface area (Å²) in [6, 6.07) is -1.02. The number of hydrogen-bond acceptors (Lipinski definition) is 4. The molecule has 0 bridgehead atoms. The lowest BCUT2D eigenvalue weighted by Crippen LogP contribution is -2.28. The Morgan fingerprint density at radius 2 is 2.00 bits per heavy atom. The normalized spacial score (nSPS) is 14.9. The lowest BCUT2D eigenvalue weighted by atomic mass is 10.0. The van der Waals surface area contributed by atoms with E-state index in [2.05, 4.69) is 6.92 Å². The van der Waals surface area contributed by atoms with Crippen molar-refractivity contribution in [2.24, 2.45) is 0 Å². The van der Waals surface area contributed by atoms with Crippen LogP contribution in [-0.4, -0.2) is 33.9 Å². The highest BCUT2D eigenvalue weighted by Gasteiger charge is 2.22. The number of unbranched alkanes of at least 4 members (excludes halogenated alkanes) is 3. The number of nitro groups is 1. The van der Waals surface area contributed by atoms with Crippen LogP contribution in [0.15, 0.2) is 0 Å². The highest BCUT2D eigenvalue weighted by atomic mass is 16.6. The van der Waals surface area contributed by atoms with Gasteiger partial charge in [0.05, 0.1) is 6.10 Å². The minimum atomic E-state index is -1.02. The first-order valence-electron chi connectivity index (χ1n) is 5.54. The van der Waals surface area contributed by atoms with Gasteiger partial charge in [0.25, 0.3) is 0 Å². The Kier molecular flexibility index (Phi) is 8.22. The van der Waals surface area contributed by atoms with Gasteiger partial charge in [-0.15, -0.1) is 0 Å². The van der Waals surface area contributed by atoms with E-state index in [9.17, 15) is 15.2 Å². The van der Waals surface area contributed by atoms with Crippen molar-refractivity contribution in [1.29, 1.82) is 0 Å². The van der Waals surface area contributed by atoms with Crippen molar-refractivity contribution in [3.05, 3.63) is 10.1 Å². The van der Waals surface area contributed by atoms with Crippen LogP contribution >= 0.6 is 0 Å². The van der Waals surface area contributed by atoms with Gasteiger partial charge in [-0.3, -0.25) is 10.1 Å². The zero-order valence-corrected chi connectivity index (χ0v) is 9.26. The van der Waals surface area contributed by atoms with Crippen molar-refractivity contribution in [2.75, 3.05) is 6.61 Å². The van der Waals surface area contributed by atoms with E-state index >= 15 is 0 Å². The van der Waals surface area contributed by atoms with Gasteiger partial charge in [0.1, 0.15) is 6.61 Å². The zero-order valence-electron chi connectivity index (χ0n) is 9.26. The van der Waals surface area contributed by atoms with Crippen molar-refractivity contribution in [1.82, 2.24) is 0 Å². The van der Waals surface area contributed by atoms with Crippen molar-refractivity contribution < 1.29 is 15.1 Å². The molecule has 0 aliphatic rings. The molecule has 0 rings (SSSR count). The first kappa shape index (κ1) is 14.3. The minimum Gasteiger partial charge on any atom is -0.393 e. The van der Waals surface area contributed by atoms with Gasteiger partial charge >= 0.3 is 0 Å². The number of rotatable bonds is 9. The average molecular weight is 219 g/mol. The first-order valence-corrected chi connectivity index (χ1v) is 5.54. The highest BCUT2D eigenvalue weighted by molar-refractivity contribution is 4.63. The monoisotopic (exact) mass is 219 g/mol. The molecule has 5 nitrogen and oxygen atoms in total. The summed E-state index contributed by atoms with van der Waals surface area (Å²) in [7, 11) is 0. The molecule has 0 aromatic rings. The summed E-state index contributed by atoms with van der Waals surface area (Å²) in [6.07, 6.45) is 4.18. The zero-order chi connectivity index (χ0) is 11.7. The summed E-state index contributed by atoms with van der Waals surface area (Å²) in [5, 5.41) is 28.6. The fraction of sp³-hybridized carbons (Fsp3) is 1.00. The number of aliphatic hydroxyl groups excluding tert-OH is 2. The van der Waals surface area contributed by atoms with Crippen LogP contribution in [0.3, 0.4) is 0 Å². The highest BCUT2D eigenvalue weighted by Crippen LogP contribution is 2.10. The average Bonchev–Trinajstić information content (AvgIpc) is 2.20. The van der Waals surface area contributed by atoms with Gasteiger partial charge in [0.15, 0.2) is 0 Å². The summed E-state index contributed by atoms with van der Waals surface area (Å²) in [5.41, 5.74) is 0. The topological polar surface area (TPSA) is 83.6 Å². The van der Waals surface area contributed by atoms with Gasteiger partial charge in [-0.25, -0.2) is 0 Å². The van der Waals surface area contributed by atoms with Crippen LogP contribution < -0.4 is 0 Å². The third-order valence-corrected chi connectivity index (χ3v) is 2.44. The molecule has 0 aliphatic carbocycles. The molecule has 0 radical (unpaired) electrons. The molecule has 0 aromatic carbocycles. The number of hydrogen-bond donors (Lipinski definition) is 2. The second kappa shape index (κ2) is 8.61. The molecule has 0 fully saturated rings. The molecule has 2 unspecified atom stereocenters. The number of aliphatic hydroxyl groups is 2. The van der Waals surface area contributed by atoms with E-state index in [1.807, 2.05) is 0 Å². The van der Waals surface area contributed by atoms with Crippen LogP contribution in [0.2, 0.25) is 0 Å². The maximum atomic E-state index is 10.4. The second-order valence-corrected chi connectivity index (χ2v) is 3.86. The summed E-state index contributed by atoms with van der Waals surface area (Å²) in [5.74, 6) is 0. The fourth-order valence-corrected chi connectivity index (χ4v) is 1.47. The fourth-order valence-electron chi connectivity index (χ4n) is 1.47. The van der Waals surface area contributed by atoms with Crippen molar-refractivity contribution in [3.8, 4) is 0 Å². The predicted octanol–water partition coefficient (Wildman–Crippen LogP) is 1.35. The van der Waals surface area contributed by atoms with Gasteiger partial charge in [-0.1, -0.05) is 32.6 Å². The molecule has 0 aromatic heterocycles. The van der Waals surface area contributed by atoms with Crippen LogP contribution in [-0.2, 0) is 0 Å². The van der Waals surface area contributed by atoms with Gasteiger partial charge in [-0.05, 0) is 6.42 Å². The maximum absolute atomic E-state index is 10.4. The largest absolute Gasteiger partial charge is 0.393 e. The summed E-state index contributed by atoms with van der Waals surface area (Å²) < 4.78 is 0. The van der Waals surface area contributed by atoms with Crippen LogP contribution in [0, 0.1) is 10.1 Å². The van der Waals surface area contributed by atoms with Crippen molar-refractivity contribution >= 4 is 0 Å². The maximum Gasteiger partial charge on any atom is 0.238 e. The van der Waals surface area contributed by atoms with E-state index in [-0.39, 0.29) is 6.42 Å². The van der Waals surface area contributed by atoms with Gasteiger partial charge in [0.2, 0.25) is 6.04 Å². The lowest BCUT2D eigenvalue weighted by Gasteiger charge is -2.12. The van der Waals surface area contributed by atoms with E-state index in [0.29, 0.717) is 6.42 Å². The molecule has 15 heavy (non-hydrogen) atoms. The van der Waals surface area contributed by atoms with Crippen LogP contribution in [0.25, 0.3) is 0 Å². The molecule has 2 N–H and O–H groups in total. The lowest BCUT2D eigenvalue weighted by molar-refractivity contribution is -0.528. The van der Waals surface area contributed by atoms with Crippen LogP contribution in [0.4, 0.5) is 0 Å². The summed E-state index contributed by atoms with van der Waals surface area (Å²) in [4.78, 5) is 9.84.